The maximum absolute atomic E-state index is 13.5. The first-order valence-electron chi connectivity index (χ1n) is 6.78. The first kappa shape index (κ1) is 18.3. The standard InChI is InChI=1S/C16H19FN4.HI/c1-12-6-7-13(9-15(12)17)10-20-16(18-2)21-11-14-5-3-4-8-19-14;/h3-9H,10-11H2,1-2H3,(H2,18,20,21);1H. The summed E-state index contributed by atoms with van der Waals surface area (Å²) in [4.78, 5) is 8.36. The molecule has 1 heterocycles. The van der Waals surface area contributed by atoms with Gasteiger partial charge >= 0.3 is 0 Å². The molecule has 0 unspecified atom stereocenters. The summed E-state index contributed by atoms with van der Waals surface area (Å²) >= 11 is 0. The minimum absolute atomic E-state index is 0. The smallest absolute Gasteiger partial charge is 0.191 e. The number of aromatic nitrogens is 1. The molecule has 0 spiro atoms. The molecule has 0 atom stereocenters. The van der Waals surface area contributed by atoms with Gasteiger partial charge in [-0.2, -0.15) is 0 Å². The summed E-state index contributed by atoms with van der Waals surface area (Å²) in [5.41, 5.74) is 2.46. The van der Waals surface area contributed by atoms with Crippen LogP contribution in [0.15, 0.2) is 47.6 Å². The Morgan fingerprint density at radius 3 is 2.59 bits per heavy atom. The summed E-state index contributed by atoms with van der Waals surface area (Å²) in [6, 6.07) is 11.0. The number of rotatable bonds is 4. The molecular weight excluding hydrogens is 394 g/mol. The van der Waals surface area contributed by atoms with E-state index in [2.05, 4.69) is 20.6 Å². The Labute approximate surface area is 147 Å². The maximum atomic E-state index is 13.5. The molecule has 6 heteroatoms. The van der Waals surface area contributed by atoms with Crippen LogP contribution in [0, 0.1) is 12.7 Å². The molecular formula is C16H20FIN4. The first-order chi connectivity index (χ1) is 10.2. The van der Waals surface area contributed by atoms with E-state index in [0.717, 1.165) is 11.3 Å². The zero-order valence-corrected chi connectivity index (χ0v) is 15.0. The second-order valence-electron chi connectivity index (χ2n) is 4.68. The van der Waals surface area contributed by atoms with Crippen LogP contribution in [0.5, 0.6) is 0 Å². The van der Waals surface area contributed by atoms with E-state index < -0.39 is 0 Å². The van der Waals surface area contributed by atoms with Gasteiger partial charge in [-0.25, -0.2) is 4.39 Å². The SMILES string of the molecule is CN=C(NCc1ccc(C)c(F)c1)NCc1ccccn1.I. The molecule has 0 aliphatic rings. The van der Waals surface area contributed by atoms with E-state index in [-0.39, 0.29) is 29.8 Å². The molecule has 1 aromatic carbocycles. The highest BCUT2D eigenvalue weighted by Crippen LogP contribution is 2.08. The van der Waals surface area contributed by atoms with Crippen LogP contribution in [0.2, 0.25) is 0 Å². The predicted molar refractivity (Wildman–Crippen MR) is 97.8 cm³/mol. The fourth-order valence-electron chi connectivity index (χ4n) is 1.83. The topological polar surface area (TPSA) is 49.3 Å². The highest BCUT2D eigenvalue weighted by Gasteiger charge is 2.02. The molecule has 22 heavy (non-hydrogen) atoms. The molecule has 0 bridgehead atoms. The summed E-state index contributed by atoms with van der Waals surface area (Å²) in [5.74, 6) is 0.465. The van der Waals surface area contributed by atoms with Gasteiger partial charge in [0.25, 0.3) is 0 Å². The summed E-state index contributed by atoms with van der Waals surface area (Å²) < 4.78 is 13.5. The molecule has 0 amide bonds. The third kappa shape index (κ3) is 5.59. The van der Waals surface area contributed by atoms with Crippen molar-refractivity contribution in [3.63, 3.8) is 0 Å². The lowest BCUT2D eigenvalue weighted by atomic mass is 10.1. The summed E-state index contributed by atoms with van der Waals surface area (Å²) in [7, 11) is 1.70. The molecule has 1 aromatic heterocycles. The fourth-order valence-corrected chi connectivity index (χ4v) is 1.83. The number of aryl methyl sites for hydroxylation is 1. The number of benzene rings is 1. The van der Waals surface area contributed by atoms with Gasteiger partial charge in [-0.3, -0.25) is 9.98 Å². The van der Waals surface area contributed by atoms with E-state index in [9.17, 15) is 4.39 Å². The van der Waals surface area contributed by atoms with Crippen molar-refractivity contribution >= 4 is 29.9 Å². The normalized spacial score (nSPS) is 10.8. The van der Waals surface area contributed by atoms with Gasteiger partial charge in [0.2, 0.25) is 0 Å². The monoisotopic (exact) mass is 414 g/mol. The Hall–Kier alpha value is -1.70. The summed E-state index contributed by atoms with van der Waals surface area (Å²) in [6.07, 6.45) is 1.75. The van der Waals surface area contributed by atoms with Crippen LogP contribution in [-0.4, -0.2) is 18.0 Å². The van der Waals surface area contributed by atoms with Crippen molar-refractivity contribution in [2.45, 2.75) is 20.0 Å². The van der Waals surface area contributed by atoms with Gasteiger partial charge in [-0.1, -0.05) is 18.2 Å². The van der Waals surface area contributed by atoms with Crippen molar-refractivity contribution in [3.05, 3.63) is 65.2 Å². The van der Waals surface area contributed by atoms with Gasteiger partial charge in [-0.05, 0) is 36.2 Å². The maximum Gasteiger partial charge on any atom is 0.191 e. The zero-order chi connectivity index (χ0) is 15.1. The third-order valence-electron chi connectivity index (χ3n) is 3.08. The summed E-state index contributed by atoms with van der Waals surface area (Å²) in [6.45, 7) is 2.85. The van der Waals surface area contributed by atoms with Crippen molar-refractivity contribution in [1.82, 2.24) is 15.6 Å². The number of hydrogen-bond donors (Lipinski definition) is 2. The number of hydrogen-bond acceptors (Lipinski definition) is 2. The number of nitrogens with zero attached hydrogens (tertiary/aromatic N) is 2. The number of guanidine groups is 1. The van der Waals surface area contributed by atoms with Crippen molar-refractivity contribution in [2.75, 3.05) is 7.05 Å². The number of pyridine rings is 1. The van der Waals surface area contributed by atoms with Gasteiger partial charge < -0.3 is 10.6 Å². The van der Waals surface area contributed by atoms with Crippen LogP contribution in [0.1, 0.15) is 16.8 Å². The average molecular weight is 414 g/mol. The van der Waals surface area contributed by atoms with Crippen LogP contribution in [0.3, 0.4) is 0 Å². The molecule has 0 saturated carbocycles. The molecule has 0 aliphatic carbocycles. The number of halogens is 2. The Balaban J connectivity index is 0.00000242. The lowest BCUT2D eigenvalue weighted by Crippen LogP contribution is -2.36. The van der Waals surface area contributed by atoms with Gasteiger partial charge in [0.15, 0.2) is 5.96 Å². The van der Waals surface area contributed by atoms with Crippen LogP contribution >= 0.6 is 24.0 Å². The molecule has 0 saturated heterocycles. The lowest BCUT2D eigenvalue weighted by molar-refractivity contribution is 0.615. The molecule has 0 radical (unpaired) electrons. The van der Waals surface area contributed by atoms with Crippen LogP contribution in [0.4, 0.5) is 4.39 Å². The minimum atomic E-state index is -0.189. The molecule has 118 valence electrons. The Kier molecular flexibility index (Phi) is 7.79. The Bertz CT molecular complexity index is 617. The van der Waals surface area contributed by atoms with E-state index >= 15 is 0 Å². The third-order valence-corrected chi connectivity index (χ3v) is 3.08. The highest BCUT2D eigenvalue weighted by atomic mass is 127. The Morgan fingerprint density at radius 1 is 1.18 bits per heavy atom. The minimum Gasteiger partial charge on any atom is -0.352 e. The van der Waals surface area contributed by atoms with Gasteiger partial charge in [0, 0.05) is 19.8 Å². The van der Waals surface area contributed by atoms with Crippen LogP contribution in [0.25, 0.3) is 0 Å². The van der Waals surface area contributed by atoms with Gasteiger partial charge in [0.1, 0.15) is 5.82 Å². The van der Waals surface area contributed by atoms with E-state index in [1.807, 2.05) is 24.3 Å². The van der Waals surface area contributed by atoms with E-state index in [1.165, 1.54) is 6.07 Å². The van der Waals surface area contributed by atoms with Crippen molar-refractivity contribution in [2.24, 2.45) is 4.99 Å². The molecule has 2 N–H and O–H groups in total. The number of nitrogens with one attached hydrogen (secondary N) is 2. The van der Waals surface area contributed by atoms with Crippen LogP contribution in [-0.2, 0) is 13.1 Å². The fraction of sp³-hybridized carbons (Fsp3) is 0.250. The summed E-state index contributed by atoms with van der Waals surface area (Å²) in [5, 5.41) is 6.31. The molecule has 2 rings (SSSR count). The predicted octanol–water partition coefficient (Wildman–Crippen LogP) is 3.01. The van der Waals surface area contributed by atoms with Crippen LogP contribution < -0.4 is 10.6 Å². The van der Waals surface area contributed by atoms with Gasteiger partial charge in [0.05, 0.1) is 12.2 Å². The second kappa shape index (κ2) is 9.34. The largest absolute Gasteiger partial charge is 0.352 e. The number of aliphatic imine (C=N–C) groups is 1. The highest BCUT2D eigenvalue weighted by molar-refractivity contribution is 14.0. The lowest BCUT2D eigenvalue weighted by Gasteiger charge is -2.12. The van der Waals surface area contributed by atoms with Crippen molar-refractivity contribution < 1.29 is 4.39 Å². The quantitative estimate of drug-likeness (QED) is 0.460. The second-order valence-corrected chi connectivity index (χ2v) is 4.68. The van der Waals surface area contributed by atoms with Gasteiger partial charge in [-0.15, -0.1) is 24.0 Å². The average Bonchev–Trinajstić information content (AvgIpc) is 2.52. The first-order valence-corrected chi connectivity index (χ1v) is 6.78. The van der Waals surface area contributed by atoms with E-state index in [0.29, 0.717) is 24.6 Å². The molecule has 4 nitrogen and oxygen atoms in total. The van der Waals surface area contributed by atoms with Crippen molar-refractivity contribution in [1.29, 1.82) is 0 Å². The van der Waals surface area contributed by atoms with E-state index in [4.69, 9.17) is 0 Å². The van der Waals surface area contributed by atoms with Crippen molar-refractivity contribution in [3.8, 4) is 0 Å². The molecule has 2 aromatic rings. The molecule has 0 fully saturated rings. The zero-order valence-electron chi connectivity index (χ0n) is 12.6. The van der Waals surface area contributed by atoms with E-state index in [1.54, 1.807) is 26.2 Å². The molecule has 0 aliphatic heterocycles. The Morgan fingerprint density at radius 2 is 1.95 bits per heavy atom.